The lowest BCUT2D eigenvalue weighted by Gasteiger charge is -2.19. The third kappa shape index (κ3) is 4.73. The average Bonchev–Trinajstić information content (AvgIpc) is 2.63. The van der Waals surface area contributed by atoms with Crippen LogP contribution < -0.4 is 5.32 Å². The van der Waals surface area contributed by atoms with Gasteiger partial charge in [-0.15, -0.1) is 11.3 Å². The number of rotatable bonds is 7. The van der Waals surface area contributed by atoms with Gasteiger partial charge in [0.05, 0.1) is 10.7 Å². The maximum Gasteiger partial charge on any atom is 0.0897 e. The maximum atomic E-state index is 4.48. The van der Waals surface area contributed by atoms with E-state index < -0.39 is 0 Å². The number of aryl methyl sites for hydroxylation is 1. The summed E-state index contributed by atoms with van der Waals surface area (Å²) in [6, 6.07) is 0. The van der Waals surface area contributed by atoms with Crippen LogP contribution in [0.25, 0.3) is 0 Å². The zero-order valence-electron chi connectivity index (χ0n) is 9.92. The molecule has 4 heteroatoms. The van der Waals surface area contributed by atoms with Gasteiger partial charge in [0.25, 0.3) is 0 Å². The first-order valence-corrected chi connectivity index (χ1v) is 6.48. The van der Waals surface area contributed by atoms with Gasteiger partial charge < -0.3 is 5.32 Å². The van der Waals surface area contributed by atoms with E-state index in [1.165, 1.54) is 5.69 Å². The molecule has 0 saturated heterocycles. The minimum absolute atomic E-state index is 0.978. The summed E-state index contributed by atoms with van der Waals surface area (Å²) in [7, 11) is 0. The molecule has 15 heavy (non-hydrogen) atoms. The van der Waals surface area contributed by atoms with Gasteiger partial charge in [-0.3, -0.25) is 4.90 Å². The van der Waals surface area contributed by atoms with Crippen molar-refractivity contribution >= 4 is 11.3 Å². The van der Waals surface area contributed by atoms with E-state index in [1.807, 2.05) is 0 Å². The Labute approximate surface area is 96.5 Å². The minimum atomic E-state index is 0.978. The Morgan fingerprint density at radius 1 is 1.47 bits per heavy atom. The van der Waals surface area contributed by atoms with Gasteiger partial charge in [0.2, 0.25) is 0 Å². The van der Waals surface area contributed by atoms with E-state index in [0.29, 0.717) is 0 Å². The zero-order chi connectivity index (χ0) is 11.1. The van der Waals surface area contributed by atoms with Gasteiger partial charge in [0.15, 0.2) is 0 Å². The first-order valence-electron chi connectivity index (χ1n) is 5.60. The van der Waals surface area contributed by atoms with Gasteiger partial charge in [-0.05, 0) is 20.0 Å². The topological polar surface area (TPSA) is 28.2 Å². The summed E-state index contributed by atoms with van der Waals surface area (Å²) in [5.74, 6) is 0. The van der Waals surface area contributed by atoms with E-state index >= 15 is 0 Å². The van der Waals surface area contributed by atoms with Crippen LogP contribution in [0.2, 0.25) is 0 Å². The van der Waals surface area contributed by atoms with Crippen LogP contribution in [0.4, 0.5) is 0 Å². The lowest BCUT2D eigenvalue weighted by atomic mass is 10.4. The molecule has 0 saturated carbocycles. The van der Waals surface area contributed by atoms with Crippen LogP contribution in [-0.4, -0.2) is 36.1 Å². The lowest BCUT2D eigenvalue weighted by molar-refractivity contribution is 0.277. The molecule has 0 fully saturated rings. The van der Waals surface area contributed by atoms with Crippen LogP contribution in [0.5, 0.6) is 0 Å². The molecule has 0 bridgehead atoms. The standard InChI is InChI=1S/C11H21N3S/c1-4-12-6-7-14(5-2)8-11-9-15-10(3)13-11/h9,12H,4-8H2,1-3H3. The summed E-state index contributed by atoms with van der Waals surface area (Å²) >= 11 is 1.73. The Balaban J connectivity index is 2.33. The van der Waals surface area contributed by atoms with Crippen LogP contribution in [0.3, 0.4) is 0 Å². The largest absolute Gasteiger partial charge is 0.316 e. The van der Waals surface area contributed by atoms with Crippen molar-refractivity contribution in [1.82, 2.24) is 15.2 Å². The fraction of sp³-hybridized carbons (Fsp3) is 0.727. The van der Waals surface area contributed by atoms with Gasteiger partial charge in [-0.2, -0.15) is 0 Å². The van der Waals surface area contributed by atoms with Crippen molar-refractivity contribution < 1.29 is 0 Å². The van der Waals surface area contributed by atoms with Gasteiger partial charge in [0, 0.05) is 25.0 Å². The average molecular weight is 227 g/mol. The molecular weight excluding hydrogens is 206 g/mol. The Kier molecular flexibility index (Phi) is 5.83. The molecular formula is C11H21N3S. The molecule has 0 amide bonds. The lowest BCUT2D eigenvalue weighted by Crippen LogP contribution is -2.31. The summed E-state index contributed by atoms with van der Waals surface area (Å²) in [6.45, 7) is 11.7. The van der Waals surface area contributed by atoms with E-state index in [4.69, 9.17) is 0 Å². The van der Waals surface area contributed by atoms with E-state index in [9.17, 15) is 0 Å². The second-order valence-electron chi connectivity index (χ2n) is 3.58. The molecule has 1 N–H and O–H groups in total. The fourth-order valence-corrected chi connectivity index (χ4v) is 2.08. The Bertz CT molecular complexity index is 273. The Morgan fingerprint density at radius 2 is 2.27 bits per heavy atom. The highest BCUT2D eigenvalue weighted by atomic mass is 32.1. The van der Waals surface area contributed by atoms with Gasteiger partial charge in [-0.1, -0.05) is 13.8 Å². The van der Waals surface area contributed by atoms with Crippen molar-refractivity contribution in [2.75, 3.05) is 26.2 Å². The molecule has 1 rings (SSSR count). The summed E-state index contributed by atoms with van der Waals surface area (Å²) in [5.41, 5.74) is 1.20. The first-order chi connectivity index (χ1) is 7.26. The van der Waals surface area contributed by atoms with Crippen molar-refractivity contribution in [2.45, 2.75) is 27.3 Å². The molecule has 0 aromatic carbocycles. The smallest absolute Gasteiger partial charge is 0.0897 e. The number of hydrogen-bond acceptors (Lipinski definition) is 4. The highest BCUT2D eigenvalue weighted by Crippen LogP contribution is 2.09. The van der Waals surface area contributed by atoms with Gasteiger partial charge >= 0.3 is 0 Å². The Hall–Kier alpha value is -0.450. The monoisotopic (exact) mass is 227 g/mol. The second-order valence-corrected chi connectivity index (χ2v) is 4.64. The van der Waals surface area contributed by atoms with Crippen molar-refractivity contribution in [3.63, 3.8) is 0 Å². The quantitative estimate of drug-likeness (QED) is 0.721. The number of nitrogens with zero attached hydrogens (tertiary/aromatic N) is 2. The number of thiazole rings is 1. The molecule has 0 unspecified atom stereocenters. The van der Waals surface area contributed by atoms with Crippen molar-refractivity contribution in [3.05, 3.63) is 16.1 Å². The predicted octanol–water partition coefficient (Wildman–Crippen LogP) is 1.88. The normalized spacial score (nSPS) is 11.2. The Morgan fingerprint density at radius 3 is 2.80 bits per heavy atom. The van der Waals surface area contributed by atoms with Crippen molar-refractivity contribution in [1.29, 1.82) is 0 Å². The van der Waals surface area contributed by atoms with Crippen LogP contribution in [0.1, 0.15) is 24.5 Å². The zero-order valence-corrected chi connectivity index (χ0v) is 10.7. The van der Waals surface area contributed by atoms with Crippen LogP contribution >= 0.6 is 11.3 Å². The second kappa shape index (κ2) is 6.93. The molecule has 0 radical (unpaired) electrons. The van der Waals surface area contributed by atoms with E-state index in [2.05, 4.69) is 41.4 Å². The molecule has 3 nitrogen and oxygen atoms in total. The minimum Gasteiger partial charge on any atom is -0.316 e. The maximum absolute atomic E-state index is 4.48. The molecule has 1 aromatic rings. The first kappa shape index (κ1) is 12.6. The molecule has 86 valence electrons. The van der Waals surface area contributed by atoms with E-state index in [-0.39, 0.29) is 0 Å². The van der Waals surface area contributed by atoms with Crippen molar-refractivity contribution in [3.8, 4) is 0 Å². The number of aromatic nitrogens is 1. The molecule has 0 spiro atoms. The third-order valence-corrected chi connectivity index (χ3v) is 3.18. The van der Waals surface area contributed by atoms with Gasteiger partial charge in [0.1, 0.15) is 0 Å². The number of hydrogen-bond donors (Lipinski definition) is 1. The van der Waals surface area contributed by atoms with Crippen LogP contribution in [0.15, 0.2) is 5.38 Å². The highest BCUT2D eigenvalue weighted by molar-refractivity contribution is 7.09. The van der Waals surface area contributed by atoms with Gasteiger partial charge in [-0.25, -0.2) is 4.98 Å². The van der Waals surface area contributed by atoms with E-state index in [0.717, 1.165) is 37.7 Å². The van der Waals surface area contributed by atoms with E-state index in [1.54, 1.807) is 11.3 Å². The molecule has 0 aliphatic heterocycles. The summed E-state index contributed by atoms with van der Waals surface area (Å²) in [4.78, 5) is 6.90. The molecule has 1 heterocycles. The molecule has 0 atom stereocenters. The predicted molar refractivity (Wildman–Crippen MR) is 66.3 cm³/mol. The van der Waals surface area contributed by atoms with Crippen LogP contribution in [0, 0.1) is 6.92 Å². The summed E-state index contributed by atoms with van der Waals surface area (Å²) in [5, 5.41) is 6.66. The number of likely N-dealkylation sites (N-methyl/N-ethyl adjacent to an activating group) is 2. The summed E-state index contributed by atoms with van der Waals surface area (Å²) in [6.07, 6.45) is 0. The summed E-state index contributed by atoms with van der Waals surface area (Å²) < 4.78 is 0. The highest BCUT2D eigenvalue weighted by Gasteiger charge is 2.05. The van der Waals surface area contributed by atoms with Crippen LogP contribution in [-0.2, 0) is 6.54 Å². The molecule has 1 aromatic heterocycles. The molecule has 0 aliphatic carbocycles. The fourth-order valence-electron chi connectivity index (χ4n) is 1.47. The number of nitrogens with one attached hydrogen (secondary N) is 1. The molecule has 0 aliphatic rings. The third-order valence-electron chi connectivity index (χ3n) is 2.35. The SMILES string of the molecule is CCNCCN(CC)Cc1csc(C)n1. The van der Waals surface area contributed by atoms with Crippen molar-refractivity contribution in [2.24, 2.45) is 0 Å².